The predicted molar refractivity (Wildman–Crippen MR) is 104 cm³/mol. The number of aromatic nitrogens is 1. The van der Waals surface area contributed by atoms with Crippen molar-refractivity contribution in [3.05, 3.63) is 71.4 Å². The summed E-state index contributed by atoms with van der Waals surface area (Å²) in [7, 11) is 0. The maximum absolute atomic E-state index is 12.1. The smallest absolute Gasteiger partial charge is 0.273 e. The zero-order valence-electron chi connectivity index (χ0n) is 14.4. The second kappa shape index (κ2) is 9.00. The van der Waals surface area contributed by atoms with Crippen molar-refractivity contribution in [3.63, 3.8) is 0 Å². The van der Waals surface area contributed by atoms with Crippen molar-refractivity contribution in [1.82, 2.24) is 10.5 Å². The number of anilines is 1. The highest BCUT2D eigenvalue weighted by Gasteiger charge is 2.13. The Balaban J connectivity index is 1.41. The van der Waals surface area contributed by atoms with Gasteiger partial charge in [0.15, 0.2) is 11.5 Å². The Hall–Kier alpha value is -3.12. The maximum Gasteiger partial charge on any atom is 0.273 e. The van der Waals surface area contributed by atoms with E-state index in [-0.39, 0.29) is 23.9 Å². The van der Waals surface area contributed by atoms with Gasteiger partial charge in [-0.2, -0.15) is 0 Å². The van der Waals surface area contributed by atoms with Gasteiger partial charge in [0.1, 0.15) is 0 Å². The lowest BCUT2D eigenvalue weighted by Gasteiger charge is -2.06. The van der Waals surface area contributed by atoms with E-state index in [2.05, 4.69) is 15.8 Å². The van der Waals surface area contributed by atoms with Gasteiger partial charge in [-0.15, -0.1) is 0 Å². The number of rotatable bonds is 7. The Morgan fingerprint density at radius 1 is 1.04 bits per heavy atom. The molecule has 1 aromatic heterocycles. The van der Waals surface area contributed by atoms with E-state index >= 15 is 0 Å². The molecule has 0 aliphatic heterocycles. The lowest BCUT2D eigenvalue weighted by atomic mass is 10.1. The number of hydrogen-bond donors (Lipinski definition) is 2. The highest BCUT2D eigenvalue weighted by Crippen LogP contribution is 2.19. The van der Waals surface area contributed by atoms with E-state index < -0.39 is 0 Å². The third-order valence-electron chi connectivity index (χ3n) is 3.80. The molecule has 0 bridgehead atoms. The van der Waals surface area contributed by atoms with Crippen LogP contribution in [0.2, 0.25) is 5.02 Å². The molecule has 138 valence electrons. The lowest BCUT2D eigenvalue weighted by molar-refractivity contribution is -0.116. The summed E-state index contributed by atoms with van der Waals surface area (Å²) in [6, 6.07) is 17.9. The highest BCUT2D eigenvalue weighted by molar-refractivity contribution is 6.30. The number of nitrogens with one attached hydrogen (secondary N) is 2. The van der Waals surface area contributed by atoms with Crippen LogP contribution in [0.3, 0.4) is 0 Å². The molecule has 3 aromatic rings. The van der Waals surface area contributed by atoms with Gasteiger partial charge >= 0.3 is 0 Å². The summed E-state index contributed by atoms with van der Waals surface area (Å²) in [4.78, 5) is 24.0. The molecule has 0 atom stereocenters. The molecule has 7 heteroatoms. The van der Waals surface area contributed by atoms with Gasteiger partial charge in [-0.3, -0.25) is 9.59 Å². The first-order chi connectivity index (χ1) is 13.1. The van der Waals surface area contributed by atoms with E-state index in [0.29, 0.717) is 29.4 Å². The van der Waals surface area contributed by atoms with Crippen molar-refractivity contribution in [2.75, 3.05) is 11.9 Å². The van der Waals surface area contributed by atoms with Crippen molar-refractivity contribution in [1.29, 1.82) is 0 Å². The summed E-state index contributed by atoms with van der Waals surface area (Å²) in [6.07, 6.45) is 0.797. The number of benzene rings is 2. The first-order valence-corrected chi connectivity index (χ1v) is 8.85. The second-order valence-corrected chi connectivity index (χ2v) is 6.29. The number of amides is 2. The SMILES string of the molecule is O=C(CCCNC(=O)c1cc(-c2ccccc2)on1)Nc1ccc(Cl)cc1. The van der Waals surface area contributed by atoms with Crippen LogP contribution in [0.5, 0.6) is 0 Å². The molecular weight excluding hydrogens is 366 g/mol. The van der Waals surface area contributed by atoms with Crippen LogP contribution >= 0.6 is 11.6 Å². The minimum absolute atomic E-state index is 0.126. The van der Waals surface area contributed by atoms with E-state index in [0.717, 1.165) is 5.56 Å². The summed E-state index contributed by atoms with van der Waals surface area (Å²) in [5, 5.41) is 9.91. The van der Waals surface area contributed by atoms with Crippen LogP contribution < -0.4 is 10.6 Å². The Kier molecular flexibility index (Phi) is 6.22. The molecule has 27 heavy (non-hydrogen) atoms. The Morgan fingerprint density at radius 2 is 1.78 bits per heavy atom. The Bertz CT molecular complexity index is 908. The number of nitrogens with zero attached hydrogens (tertiary/aromatic N) is 1. The van der Waals surface area contributed by atoms with E-state index in [1.165, 1.54) is 0 Å². The molecule has 0 unspecified atom stereocenters. The molecule has 0 aliphatic carbocycles. The van der Waals surface area contributed by atoms with Crippen molar-refractivity contribution < 1.29 is 14.1 Å². The minimum Gasteiger partial charge on any atom is -0.355 e. The fourth-order valence-corrected chi connectivity index (χ4v) is 2.54. The van der Waals surface area contributed by atoms with Crippen molar-refractivity contribution >= 4 is 29.1 Å². The fraction of sp³-hybridized carbons (Fsp3) is 0.150. The van der Waals surface area contributed by atoms with E-state index in [1.54, 1.807) is 30.3 Å². The Morgan fingerprint density at radius 3 is 2.52 bits per heavy atom. The normalized spacial score (nSPS) is 10.4. The number of halogens is 1. The summed E-state index contributed by atoms with van der Waals surface area (Å²) >= 11 is 5.80. The summed E-state index contributed by atoms with van der Waals surface area (Å²) < 4.78 is 5.21. The lowest BCUT2D eigenvalue weighted by Crippen LogP contribution is -2.25. The molecule has 0 spiro atoms. The Labute approximate surface area is 161 Å². The van der Waals surface area contributed by atoms with E-state index in [9.17, 15) is 9.59 Å². The van der Waals surface area contributed by atoms with Crippen molar-refractivity contribution in [3.8, 4) is 11.3 Å². The average Bonchev–Trinajstić information content (AvgIpc) is 3.18. The molecular formula is C20H18ClN3O3. The quantitative estimate of drug-likeness (QED) is 0.600. The van der Waals surface area contributed by atoms with Crippen LogP contribution in [0.15, 0.2) is 65.2 Å². The van der Waals surface area contributed by atoms with E-state index in [1.807, 2.05) is 30.3 Å². The highest BCUT2D eigenvalue weighted by atomic mass is 35.5. The summed E-state index contributed by atoms with van der Waals surface area (Å²) in [5.74, 6) is 0.0708. The average molecular weight is 384 g/mol. The van der Waals surface area contributed by atoms with E-state index in [4.69, 9.17) is 16.1 Å². The van der Waals surface area contributed by atoms with Gasteiger partial charge in [0.05, 0.1) is 0 Å². The van der Waals surface area contributed by atoms with Gasteiger partial charge in [-0.05, 0) is 30.7 Å². The molecule has 3 rings (SSSR count). The van der Waals surface area contributed by atoms with Crippen LogP contribution in [0.1, 0.15) is 23.3 Å². The zero-order valence-corrected chi connectivity index (χ0v) is 15.2. The van der Waals surface area contributed by atoms with Gasteiger partial charge in [-0.25, -0.2) is 0 Å². The first-order valence-electron chi connectivity index (χ1n) is 8.47. The summed E-state index contributed by atoms with van der Waals surface area (Å²) in [6.45, 7) is 0.362. The number of carbonyl (C=O) groups excluding carboxylic acids is 2. The van der Waals surface area contributed by atoms with Crippen LogP contribution in [0, 0.1) is 0 Å². The number of carbonyl (C=O) groups is 2. The number of hydrogen-bond acceptors (Lipinski definition) is 4. The van der Waals surface area contributed by atoms with Crippen LogP contribution in [0.4, 0.5) is 5.69 Å². The van der Waals surface area contributed by atoms with Crippen LogP contribution in [-0.2, 0) is 4.79 Å². The van der Waals surface area contributed by atoms with Crippen LogP contribution in [0.25, 0.3) is 11.3 Å². The molecule has 6 nitrogen and oxygen atoms in total. The monoisotopic (exact) mass is 383 g/mol. The molecule has 1 heterocycles. The first kappa shape index (κ1) is 18.7. The van der Waals surface area contributed by atoms with Crippen molar-refractivity contribution in [2.45, 2.75) is 12.8 Å². The van der Waals surface area contributed by atoms with Crippen molar-refractivity contribution in [2.24, 2.45) is 0 Å². The van der Waals surface area contributed by atoms with Crippen LogP contribution in [-0.4, -0.2) is 23.5 Å². The fourth-order valence-electron chi connectivity index (χ4n) is 2.42. The largest absolute Gasteiger partial charge is 0.355 e. The van der Waals surface area contributed by atoms with Gasteiger partial charge in [0.25, 0.3) is 5.91 Å². The standard InChI is InChI=1S/C20H18ClN3O3/c21-15-8-10-16(11-9-15)23-19(25)7-4-12-22-20(26)17-13-18(27-24-17)14-5-2-1-3-6-14/h1-3,5-6,8-11,13H,4,7,12H2,(H,22,26)(H,23,25). The second-order valence-electron chi connectivity index (χ2n) is 5.86. The maximum atomic E-state index is 12.1. The van der Waals surface area contributed by atoms with Gasteiger partial charge in [0, 0.05) is 35.3 Å². The summed E-state index contributed by atoms with van der Waals surface area (Å²) in [5.41, 5.74) is 1.74. The molecule has 0 aliphatic rings. The zero-order chi connectivity index (χ0) is 19.1. The molecule has 2 N–H and O–H groups in total. The van der Waals surface area contributed by atoms with Gasteiger partial charge < -0.3 is 15.2 Å². The molecule has 2 amide bonds. The molecule has 0 radical (unpaired) electrons. The predicted octanol–water partition coefficient (Wildman–Crippen LogP) is 4.14. The molecule has 0 saturated carbocycles. The molecule has 2 aromatic carbocycles. The van der Waals surface area contributed by atoms with Gasteiger partial charge in [0.2, 0.25) is 5.91 Å². The van der Waals surface area contributed by atoms with Gasteiger partial charge in [-0.1, -0.05) is 47.1 Å². The third kappa shape index (κ3) is 5.43. The third-order valence-corrected chi connectivity index (χ3v) is 4.05. The molecule has 0 saturated heterocycles. The minimum atomic E-state index is -0.334. The molecule has 0 fully saturated rings. The topological polar surface area (TPSA) is 84.2 Å².